The number of aromatic nitrogens is 2. The Morgan fingerprint density at radius 1 is 1.22 bits per heavy atom. The highest BCUT2D eigenvalue weighted by Gasteiger charge is 2.21. The lowest BCUT2D eigenvalue weighted by Crippen LogP contribution is -2.22. The molecule has 4 N–H and O–H groups in total. The first kappa shape index (κ1) is 16.0. The number of nitrogen functional groups attached to an aromatic ring is 1. The van der Waals surface area contributed by atoms with E-state index in [1.54, 1.807) is 18.2 Å². The first-order chi connectivity index (χ1) is 13.2. The van der Waals surface area contributed by atoms with Gasteiger partial charge in [-0.1, -0.05) is 29.5 Å². The molecule has 2 heterocycles. The van der Waals surface area contributed by atoms with Crippen LogP contribution in [0.5, 0.6) is 0 Å². The van der Waals surface area contributed by atoms with E-state index in [-0.39, 0.29) is 5.91 Å². The number of thiazole rings is 1. The second-order valence-corrected chi connectivity index (χ2v) is 7.67. The van der Waals surface area contributed by atoms with E-state index in [9.17, 15) is 4.79 Å². The molecule has 5 rings (SSSR count). The van der Waals surface area contributed by atoms with Gasteiger partial charge in [-0.05, 0) is 49.1 Å². The van der Waals surface area contributed by atoms with Crippen LogP contribution in [0.1, 0.15) is 34.5 Å². The van der Waals surface area contributed by atoms with Crippen molar-refractivity contribution in [3.8, 4) is 0 Å². The van der Waals surface area contributed by atoms with Gasteiger partial charge in [0.25, 0.3) is 5.91 Å². The minimum atomic E-state index is -0.236. The van der Waals surface area contributed by atoms with E-state index in [2.05, 4.69) is 32.6 Å². The summed E-state index contributed by atoms with van der Waals surface area (Å²) < 4.78 is 0.892. The van der Waals surface area contributed by atoms with Crippen molar-refractivity contribution in [2.45, 2.75) is 19.3 Å². The van der Waals surface area contributed by atoms with Crippen LogP contribution in [0.3, 0.4) is 0 Å². The number of aryl methyl sites for hydroxylation is 1. The summed E-state index contributed by atoms with van der Waals surface area (Å²) in [7, 11) is 0. The highest BCUT2D eigenvalue weighted by molar-refractivity contribution is 7.22. The molecule has 0 fully saturated rings. The Kier molecular flexibility index (Phi) is 3.68. The van der Waals surface area contributed by atoms with Gasteiger partial charge in [-0.3, -0.25) is 4.79 Å². The summed E-state index contributed by atoms with van der Waals surface area (Å²) in [6.45, 7) is 0. The van der Waals surface area contributed by atoms with Crippen molar-refractivity contribution in [3.05, 3.63) is 59.3 Å². The molecule has 0 spiro atoms. The lowest BCUT2D eigenvalue weighted by atomic mass is 9.94. The van der Waals surface area contributed by atoms with Crippen molar-refractivity contribution in [2.24, 2.45) is 5.10 Å². The predicted octanol–water partition coefficient (Wildman–Crippen LogP) is 3.83. The number of hydrogen-bond acceptors (Lipinski definition) is 5. The smallest absolute Gasteiger partial charge is 0.271 e. The maximum Gasteiger partial charge on any atom is 0.271 e. The molecule has 2 aromatic heterocycles. The Morgan fingerprint density at radius 3 is 3.04 bits per heavy atom. The average Bonchev–Trinajstić information content (AvgIpc) is 3.25. The molecule has 0 saturated heterocycles. The number of carbonyl (C=O) groups is 1. The van der Waals surface area contributed by atoms with Gasteiger partial charge in [0.2, 0.25) is 0 Å². The predicted molar refractivity (Wildman–Crippen MR) is 109 cm³/mol. The number of nitrogens with one attached hydrogen (secondary N) is 2. The number of aromatic amines is 1. The first-order valence-corrected chi connectivity index (χ1v) is 9.63. The number of anilines is 1. The van der Waals surface area contributed by atoms with Gasteiger partial charge in [0.1, 0.15) is 0 Å². The van der Waals surface area contributed by atoms with Crippen LogP contribution in [-0.2, 0) is 6.42 Å². The third kappa shape index (κ3) is 2.76. The number of rotatable bonds is 2. The summed E-state index contributed by atoms with van der Waals surface area (Å²) in [5.41, 5.74) is 14.1. The number of para-hydroxylation sites is 1. The lowest BCUT2D eigenvalue weighted by Gasteiger charge is -2.14. The van der Waals surface area contributed by atoms with Gasteiger partial charge in [0.15, 0.2) is 5.13 Å². The van der Waals surface area contributed by atoms with Crippen LogP contribution in [0.15, 0.2) is 47.6 Å². The van der Waals surface area contributed by atoms with Gasteiger partial charge in [-0.25, -0.2) is 10.4 Å². The molecule has 0 bridgehead atoms. The van der Waals surface area contributed by atoms with Gasteiger partial charge in [-0.15, -0.1) is 0 Å². The Balaban J connectivity index is 1.44. The van der Waals surface area contributed by atoms with Crippen LogP contribution >= 0.6 is 11.3 Å². The number of fused-ring (bicyclic) bond motifs is 4. The molecule has 1 aliphatic carbocycles. The largest absolute Gasteiger partial charge is 0.375 e. The van der Waals surface area contributed by atoms with Gasteiger partial charge in [0, 0.05) is 16.5 Å². The van der Waals surface area contributed by atoms with Crippen LogP contribution in [0.4, 0.5) is 5.13 Å². The lowest BCUT2D eigenvalue weighted by molar-refractivity contribution is 0.0955. The number of carbonyl (C=O) groups excluding carboxylic acids is 1. The summed E-state index contributed by atoms with van der Waals surface area (Å²) in [4.78, 5) is 20.2. The number of hydrogen-bond donors (Lipinski definition) is 3. The molecule has 0 atom stereocenters. The highest BCUT2D eigenvalue weighted by Crippen LogP contribution is 2.29. The summed E-state index contributed by atoms with van der Waals surface area (Å²) in [6, 6.07) is 13.6. The van der Waals surface area contributed by atoms with Crippen molar-refractivity contribution < 1.29 is 4.79 Å². The first-order valence-electron chi connectivity index (χ1n) is 8.82. The number of nitrogens with two attached hydrogens (primary N) is 1. The van der Waals surface area contributed by atoms with Crippen LogP contribution in [-0.4, -0.2) is 21.6 Å². The summed E-state index contributed by atoms with van der Waals surface area (Å²) in [6.07, 6.45) is 2.88. The molecule has 2 aromatic carbocycles. The summed E-state index contributed by atoms with van der Waals surface area (Å²) >= 11 is 1.37. The molecule has 1 aliphatic rings. The van der Waals surface area contributed by atoms with E-state index in [4.69, 9.17) is 5.73 Å². The van der Waals surface area contributed by atoms with Gasteiger partial charge >= 0.3 is 0 Å². The fraction of sp³-hybridized carbons (Fsp3) is 0.150. The van der Waals surface area contributed by atoms with E-state index in [1.165, 1.54) is 22.3 Å². The second-order valence-electron chi connectivity index (χ2n) is 6.61. The third-order valence-electron chi connectivity index (χ3n) is 4.90. The minimum absolute atomic E-state index is 0.236. The standard InChI is InChI=1S/C20H17N5OS/c21-20-23-15-9-8-11(10-17(15)27-20)19(26)25-24-16-7-3-5-13-12-4-1-2-6-14(12)22-18(13)16/h1-2,4,6,8-10,22H,3,5,7H2,(H2,21,23)(H,25,26)/b24-16+. The van der Waals surface area contributed by atoms with E-state index >= 15 is 0 Å². The molecule has 0 aliphatic heterocycles. The zero-order chi connectivity index (χ0) is 18.4. The zero-order valence-electron chi connectivity index (χ0n) is 14.5. The summed E-state index contributed by atoms with van der Waals surface area (Å²) in [5, 5.41) is 6.16. The molecule has 27 heavy (non-hydrogen) atoms. The Bertz CT molecular complexity index is 1220. The van der Waals surface area contributed by atoms with E-state index in [1.807, 2.05) is 12.1 Å². The average molecular weight is 375 g/mol. The van der Waals surface area contributed by atoms with Crippen LogP contribution in [0.2, 0.25) is 0 Å². The van der Waals surface area contributed by atoms with Crippen molar-refractivity contribution >= 4 is 49.2 Å². The molecule has 134 valence electrons. The Hall–Kier alpha value is -3.19. The Morgan fingerprint density at radius 2 is 2.11 bits per heavy atom. The van der Waals surface area contributed by atoms with E-state index < -0.39 is 0 Å². The van der Waals surface area contributed by atoms with Gasteiger partial charge < -0.3 is 10.7 Å². The molecule has 1 amide bonds. The maximum absolute atomic E-state index is 12.5. The van der Waals surface area contributed by atoms with Crippen molar-refractivity contribution in [1.82, 2.24) is 15.4 Å². The molecule has 6 nitrogen and oxygen atoms in total. The zero-order valence-corrected chi connectivity index (χ0v) is 15.3. The fourth-order valence-electron chi connectivity index (χ4n) is 3.64. The molecule has 0 unspecified atom stereocenters. The third-order valence-corrected chi connectivity index (χ3v) is 5.75. The van der Waals surface area contributed by atoms with Crippen molar-refractivity contribution in [2.75, 3.05) is 5.73 Å². The van der Waals surface area contributed by atoms with Crippen molar-refractivity contribution in [3.63, 3.8) is 0 Å². The monoisotopic (exact) mass is 375 g/mol. The Labute approximate surface area is 159 Å². The quantitative estimate of drug-likeness (QED) is 0.465. The summed E-state index contributed by atoms with van der Waals surface area (Å²) in [5.74, 6) is -0.236. The van der Waals surface area contributed by atoms with Gasteiger partial charge in [-0.2, -0.15) is 5.10 Å². The topological polar surface area (TPSA) is 96.2 Å². The molecule has 7 heteroatoms. The highest BCUT2D eigenvalue weighted by atomic mass is 32.1. The fourth-order valence-corrected chi connectivity index (χ4v) is 4.42. The number of H-pyrrole nitrogens is 1. The van der Waals surface area contributed by atoms with Crippen LogP contribution < -0.4 is 11.2 Å². The maximum atomic E-state index is 12.5. The molecule has 4 aromatic rings. The van der Waals surface area contributed by atoms with Crippen LogP contribution in [0.25, 0.3) is 21.1 Å². The molecular weight excluding hydrogens is 358 g/mol. The van der Waals surface area contributed by atoms with E-state index in [0.29, 0.717) is 10.7 Å². The number of benzene rings is 2. The van der Waals surface area contributed by atoms with Crippen molar-refractivity contribution in [1.29, 1.82) is 0 Å². The number of nitrogens with zero attached hydrogens (tertiary/aromatic N) is 2. The van der Waals surface area contributed by atoms with E-state index in [0.717, 1.165) is 46.4 Å². The molecule has 0 saturated carbocycles. The molecular formula is C20H17N5OS. The second kappa shape index (κ2) is 6.21. The van der Waals surface area contributed by atoms with Crippen LogP contribution in [0, 0.1) is 0 Å². The normalized spacial score (nSPS) is 15.3. The van der Waals surface area contributed by atoms with Gasteiger partial charge in [0.05, 0.1) is 21.6 Å². The number of amides is 1. The number of hydrazone groups is 1. The minimum Gasteiger partial charge on any atom is -0.375 e. The molecule has 0 radical (unpaired) electrons. The SMILES string of the molecule is Nc1nc2ccc(C(=O)N/N=C3\CCCc4c3[nH]c3ccccc43)cc2s1.